The van der Waals surface area contributed by atoms with Crippen LogP contribution in [0.3, 0.4) is 0 Å². The number of anilines is 2. The Balaban J connectivity index is 2.58. The number of nitrogens with two attached hydrogens (primary N) is 1. The van der Waals surface area contributed by atoms with Crippen LogP contribution in [0.5, 0.6) is 0 Å². The first kappa shape index (κ1) is 13.8. The van der Waals surface area contributed by atoms with Crippen molar-refractivity contribution in [2.75, 3.05) is 31.7 Å². The van der Waals surface area contributed by atoms with Crippen molar-refractivity contribution in [2.24, 2.45) is 0 Å². The van der Waals surface area contributed by atoms with E-state index < -0.39 is 5.97 Å². The van der Waals surface area contributed by atoms with Crippen LogP contribution in [0.4, 0.5) is 11.4 Å². The lowest BCUT2D eigenvalue weighted by Crippen LogP contribution is -2.24. The van der Waals surface area contributed by atoms with Gasteiger partial charge in [-0.05, 0) is 18.2 Å². The zero-order valence-electron chi connectivity index (χ0n) is 10.4. The van der Waals surface area contributed by atoms with Crippen molar-refractivity contribution in [3.8, 4) is 0 Å². The third-order valence-corrected chi connectivity index (χ3v) is 2.45. The van der Waals surface area contributed by atoms with E-state index in [1.165, 1.54) is 17.0 Å². The van der Waals surface area contributed by atoms with Crippen LogP contribution >= 0.6 is 0 Å². The molecule has 0 atom stereocenters. The van der Waals surface area contributed by atoms with Gasteiger partial charge in [0.1, 0.15) is 0 Å². The second-order valence-electron chi connectivity index (χ2n) is 4.07. The molecule has 6 heteroatoms. The Hall–Kier alpha value is -2.24. The molecule has 1 amide bonds. The predicted octanol–water partition coefficient (Wildman–Crippen LogP) is 0.857. The molecule has 0 bridgehead atoms. The Morgan fingerprint density at radius 2 is 2.06 bits per heavy atom. The number of benzene rings is 1. The van der Waals surface area contributed by atoms with Crippen LogP contribution in [-0.4, -0.2) is 42.5 Å². The van der Waals surface area contributed by atoms with Gasteiger partial charge >= 0.3 is 5.97 Å². The summed E-state index contributed by atoms with van der Waals surface area (Å²) >= 11 is 0. The number of nitrogen functional groups attached to an aromatic ring is 1. The third-order valence-electron chi connectivity index (χ3n) is 2.45. The van der Waals surface area contributed by atoms with Crippen LogP contribution < -0.4 is 11.1 Å². The number of carboxylic acid groups (broad SMARTS) is 1. The van der Waals surface area contributed by atoms with Gasteiger partial charge in [0, 0.05) is 27.1 Å². The van der Waals surface area contributed by atoms with Crippen LogP contribution in [0.25, 0.3) is 0 Å². The average molecular weight is 251 g/mol. The normalized spacial score (nSPS) is 9.89. The summed E-state index contributed by atoms with van der Waals surface area (Å²) in [6.07, 6.45) is 0.354. The van der Waals surface area contributed by atoms with E-state index in [2.05, 4.69) is 5.32 Å². The summed E-state index contributed by atoms with van der Waals surface area (Å²) in [5.41, 5.74) is 6.84. The van der Waals surface area contributed by atoms with Gasteiger partial charge in [0.2, 0.25) is 5.91 Å². The van der Waals surface area contributed by atoms with Crippen molar-refractivity contribution in [1.29, 1.82) is 0 Å². The summed E-state index contributed by atoms with van der Waals surface area (Å²) in [6, 6.07) is 4.45. The van der Waals surface area contributed by atoms with Gasteiger partial charge in [0.05, 0.1) is 16.9 Å². The number of carbonyl (C=O) groups excluding carboxylic acids is 1. The molecule has 1 rings (SSSR count). The summed E-state index contributed by atoms with van der Waals surface area (Å²) in [7, 11) is 3.39. The molecular weight excluding hydrogens is 234 g/mol. The molecule has 0 unspecified atom stereocenters. The zero-order valence-corrected chi connectivity index (χ0v) is 10.4. The lowest BCUT2D eigenvalue weighted by Gasteiger charge is -2.12. The third kappa shape index (κ3) is 3.65. The highest BCUT2D eigenvalue weighted by Crippen LogP contribution is 2.19. The molecule has 98 valence electrons. The Morgan fingerprint density at radius 3 is 2.56 bits per heavy atom. The second kappa shape index (κ2) is 5.90. The predicted molar refractivity (Wildman–Crippen MR) is 69.6 cm³/mol. The van der Waals surface area contributed by atoms with E-state index in [0.29, 0.717) is 24.3 Å². The summed E-state index contributed by atoms with van der Waals surface area (Å²) in [5.74, 6) is -1.00. The van der Waals surface area contributed by atoms with Crippen molar-refractivity contribution in [3.05, 3.63) is 23.8 Å². The quantitative estimate of drug-likeness (QED) is 0.674. The van der Waals surface area contributed by atoms with Crippen molar-refractivity contribution in [3.63, 3.8) is 0 Å². The number of nitrogens with zero attached hydrogens (tertiary/aromatic N) is 1. The molecule has 0 aliphatic rings. The molecule has 0 aliphatic heterocycles. The van der Waals surface area contributed by atoms with Gasteiger partial charge < -0.3 is 21.1 Å². The summed E-state index contributed by atoms with van der Waals surface area (Å²) in [6.45, 7) is 0.452. The first-order chi connectivity index (χ1) is 8.41. The molecule has 0 spiro atoms. The van der Waals surface area contributed by atoms with Crippen molar-refractivity contribution in [2.45, 2.75) is 6.42 Å². The first-order valence-corrected chi connectivity index (χ1v) is 5.48. The Bertz CT molecular complexity index is 458. The van der Waals surface area contributed by atoms with E-state index in [9.17, 15) is 9.59 Å². The summed E-state index contributed by atoms with van der Waals surface area (Å²) in [5, 5.41) is 11.8. The first-order valence-electron chi connectivity index (χ1n) is 5.48. The maximum Gasteiger partial charge on any atom is 0.335 e. The zero-order chi connectivity index (χ0) is 13.7. The van der Waals surface area contributed by atoms with Crippen molar-refractivity contribution < 1.29 is 14.7 Å². The number of hydrogen-bond acceptors (Lipinski definition) is 4. The number of carboxylic acids is 1. The molecule has 0 saturated carbocycles. The smallest absolute Gasteiger partial charge is 0.335 e. The van der Waals surface area contributed by atoms with Gasteiger partial charge in [-0.2, -0.15) is 0 Å². The van der Waals surface area contributed by atoms with Gasteiger partial charge in [-0.3, -0.25) is 4.79 Å². The SMILES string of the molecule is CN(C)C(=O)CCNc1ccc(C(=O)O)cc1N. The number of carbonyl (C=O) groups is 2. The molecule has 0 fully saturated rings. The van der Waals surface area contributed by atoms with E-state index in [1.54, 1.807) is 20.2 Å². The van der Waals surface area contributed by atoms with E-state index >= 15 is 0 Å². The highest BCUT2D eigenvalue weighted by molar-refractivity contribution is 5.90. The fourth-order valence-electron chi connectivity index (χ4n) is 1.38. The monoisotopic (exact) mass is 251 g/mol. The Labute approximate surface area is 105 Å². The van der Waals surface area contributed by atoms with Crippen LogP contribution in [0.1, 0.15) is 16.8 Å². The maximum atomic E-state index is 11.3. The fourth-order valence-corrected chi connectivity index (χ4v) is 1.38. The molecule has 18 heavy (non-hydrogen) atoms. The highest BCUT2D eigenvalue weighted by Gasteiger charge is 2.07. The molecular formula is C12H17N3O3. The van der Waals surface area contributed by atoms with E-state index in [4.69, 9.17) is 10.8 Å². The molecule has 0 radical (unpaired) electrons. The highest BCUT2D eigenvalue weighted by atomic mass is 16.4. The van der Waals surface area contributed by atoms with Gasteiger partial charge in [-0.15, -0.1) is 0 Å². The van der Waals surface area contributed by atoms with E-state index in [0.717, 1.165) is 0 Å². The standard InChI is InChI=1S/C12H17N3O3/c1-15(2)11(16)5-6-14-10-4-3-8(12(17)18)7-9(10)13/h3-4,7,14H,5-6,13H2,1-2H3,(H,17,18). The molecule has 0 heterocycles. The number of rotatable bonds is 5. The lowest BCUT2D eigenvalue weighted by molar-refractivity contribution is -0.128. The van der Waals surface area contributed by atoms with Gasteiger partial charge in [0.25, 0.3) is 0 Å². The molecule has 0 aliphatic carbocycles. The molecule has 1 aromatic carbocycles. The Kier molecular flexibility index (Phi) is 4.53. The van der Waals surface area contributed by atoms with Gasteiger partial charge in [-0.1, -0.05) is 0 Å². The largest absolute Gasteiger partial charge is 0.478 e. The molecule has 0 saturated heterocycles. The van der Waals surface area contributed by atoms with E-state index in [1.807, 2.05) is 0 Å². The van der Waals surface area contributed by atoms with Crippen molar-refractivity contribution >= 4 is 23.3 Å². The van der Waals surface area contributed by atoms with Crippen LogP contribution in [0.15, 0.2) is 18.2 Å². The van der Waals surface area contributed by atoms with Crippen LogP contribution in [0, 0.1) is 0 Å². The van der Waals surface area contributed by atoms with Crippen LogP contribution in [0.2, 0.25) is 0 Å². The molecule has 0 aromatic heterocycles. The van der Waals surface area contributed by atoms with Gasteiger partial charge in [0.15, 0.2) is 0 Å². The Morgan fingerprint density at radius 1 is 1.39 bits per heavy atom. The molecule has 1 aromatic rings. The maximum absolute atomic E-state index is 11.3. The number of aromatic carboxylic acids is 1. The average Bonchev–Trinajstić information content (AvgIpc) is 2.30. The van der Waals surface area contributed by atoms with E-state index in [-0.39, 0.29) is 11.5 Å². The minimum atomic E-state index is -1.02. The number of nitrogens with one attached hydrogen (secondary N) is 1. The topological polar surface area (TPSA) is 95.7 Å². The molecule has 6 nitrogen and oxygen atoms in total. The number of amides is 1. The van der Waals surface area contributed by atoms with Crippen molar-refractivity contribution in [1.82, 2.24) is 4.90 Å². The lowest BCUT2D eigenvalue weighted by atomic mass is 10.1. The minimum absolute atomic E-state index is 0.0169. The summed E-state index contributed by atoms with van der Waals surface area (Å²) in [4.78, 5) is 23.6. The number of hydrogen-bond donors (Lipinski definition) is 3. The molecule has 4 N–H and O–H groups in total. The minimum Gasteiger partial charge on any atom is -0.478 e. The summed E-state index contributed by atoms with van der Waals surface area (Å²) < 4.78 is 0. The van der Waals surface area contributed by atoms with Crippen LogP contribution in [-0.2, 0) is 4.79 Å². The second-order valence-corrected chi connectivity index (χ2v) is 4.07. The van der Waals surface area contributed by atoms with Gasteiger partial charge in [-0.25, -0.2) is 4.79 Å². The fraction of sp³-hybridized carbons (Fsp3) is 0.333.